The van der Waals surface area contributed by atoms with Crippen LogP contribution in [0.1, 0.15) is 12.8 Å². The van der Waals surface area contributed by atoms with Gasteiger partial charge >= 0.3 is 0 Å². The van der Waals surface area contributed by atoms with Crippen LogP contribution in [0.2, 0.25) is 0 Å². The molecule has 0 aromatic rings. The van der Waals surface area contributed by atoms with Gasteiger partial charge in [0.15, 0.2) is 0 Å². The van der Waals surface area contributed by atoms with Crippen molar-refractivity contribution in [2.24, 2.45) is 0 Å². The quantitative estimate of drug-likeness (QED) is 0.536. The Bertz CT molecular complexity index is 50.9. The summed E-state index contributed by atoms with van der Waals surface area (Å²) in [7, 11) is 2.17. The molecule has 1 radical (unpaired) electrons. The molecule has 0 atom stereocenters. The van der Waals surface area contributed by atoms with Crippen molar-refractivity contribution in [1.82, 2.24) is 4.90 Å². The molecule has 9 heavy (non-hydrogen) atoms. The van der Waals surface area contributed by atoms with E-state index in [1.54, 1.807) is 0 Å². The first-order valence-corrected chi connectivity index (χ1v) is 2.90. The van der Waals surface area contributed by atoms with Crippen LogP contribution in [-0.4, -0.2) is 25.0 Å². The van der Waals surface area contributed by atoms with Gasteiger partial charge in [0.1, 0.15) is 0 Å². The van der Waals surface area contributed by atoms with Gasteiger partial charge in [0.05, 0.1) is 0 Å². The molecule has 0 bridgehead atoms. The van der Waals surface area contributed by atoms with Crippen LogP contribution in [0.5, 0.6) is 0 Å². The van der Waals surface area contributed by atoms with E-state index in [1.165, 1.54) is 25.9 Å². The van der Waals surface area contributed by atoms with Crippen LogP contribution >= 0.6 is 0 Å². The Hall–Kier alpha value is 1.06. The predicted molar refractivity (Wildman–Crippen MR) is 37.4 cm³/mol. The van der Waals surface area contributed by atoms with E-state index in [9.17, 15) is 0 Å². The maximum absolute atomic E-state index is 2.36. The van der Waals surface area contributed by atoms with Crippen LogP contribution in [-0.2, 0) is 32.7 Å². The molecule has 1 rings (SSSR count). The zero-order valence-electron chi connectivity index (χ0n) is 6.43. The minimum absolute atomic E-state index is 0. The van der Waals surface area contributed by atoms with E-state index in [1.807, 2.05) is 0 Å². The molecule has 2 heteroatoms. The summed E-state index contributed by atoms with van der Waals surface area (Å²) in [5.41, 5.74) is 0. The Morgan fingerprint density at radius 1 is 1.22 bits per heavy atom. The van der Waals surface area contributed by atoms with Gasteiger partial charge in [-0.1, -0.05) is 0 Å². The third-order valence-corrected chi connectivity index (χ3v) is 1.43. The monoisotopic (exact) mass is 202 g/mol. The van der Waals surface area contributed by atoms with Gasteiger partial charge in [0, 0.05) is 32.7 Å². The van der Waals surface area contributed by atoms with Gasteiger partial charge in [-0.25, -0.2) is 0 Å². The predicted octanol–water partition coefficient (Wildman–Crippen LogP) is 1.36. The molecule has 1 heterocycles. The molecule has 0 spiro atoms. The second-order valence-electron chi connectivity index (χ2n) is 2.17. The first kappa shape index (κ1) is 12.7. The normalized spacial score (nSPS) is 19.7. The second-order valence-corrected chi connectivity index (χ2v) is 2.17. The van der Waals surface area contributed by atoms with Crippen molar-refractivity contribution >= 4 is 0 Å². The molecular weight excluding hydrogens is 187 g/mol. The van der Waals surface area contributed by atoms with Crippen molar-refractivity contribution in [3.63, 3.8) is 0 Å². The number of piperidine rings is 1. The number of rotatable bonds is 0. The summed E-state index contributed by atoms with van der Waals surface area (Å²) in [6, 6.07) is 0. The Kier molecular flexibility index (Phi) is 10.1. The van der Waals surface area contributed by atoms with E-state index in [0.717, 1.165) is 0 Å². The average Bonchev–Trinajstić information content (AvgIpc) is 1.69. The minimum atomic E-state index is 0. The average molecular weight is 202 g/mol. The topological polar surface area (TPSA) is 3.24 Å². The van der Waals surface area contributed by atoms with Crippen molar-refractivity contribution in [3.8, 4) is 0 Å². The minimum Gasteiger partial charge on any atom is -0.358 e. The SMILES string of the molecule is CN1CC[CH-]CC1.[CH3-].[Y]. The summed E-state index contributed by atoms with van der Waals surface area (Å²) in [5, 5.41) is 0. The Balaban J connectivity index is 0. The molecule has 1 aliphatic heterocycles. The third kappa shape index (κ3) is 5.51. The Morgan fingerprint density at radius 2 is 1.67 bits per heavy atom. The third-order valence-electron chi connectivity index (χ3n) is 1.43. The van der Waals surface area contributed by atoms with Gasteiger partial charge in [0.25, 0.3) is 0 Å². The van der Waals surface area contributed by atoms with Gasteiger partial charge in [0.2, 0.25) is 0 Å². The maximum atomic E-state index is 2.36. The molecule has 1 saturated heterocycles. The van der Waals surface area contributed by atoms with Crippen LogP contribution < -0.4 is 0 Å². The van der Waals surface area contributed by atoms with Crippen LogP contribution in [0, 0.1) is 13.8 Å². The summed E-state index contributed by atoms with van der Waals surface area (Å²) in [4.78, 5) is 2.36. The fourth-order valence-corrected chi connectivity index (χ4v) is 0.879. The molecular formula is C7H15NY-2. The van der Waals surface area contributed by atoms with Crippen molar-refractivity contribution in [2.45, 2.75) is 12.8 Å². The van der Waals surface area contributed by atoms with Crippen molar-refractivity contribution < 1.29 is 32.7 Å². The van der Waals surface area contributed by atoms with Crippen molar-refractivity contribution in [2.75, 3.05) is 20.1 Å². The zero-order chi connectivity index (χ0) is 5.11. The maximum Gasteiger partial charge on any atom is 0 e. The Morgan fingerprint density at radius 3 is 1.89 bits per heavy atom. The first-order chi connectivity index (χ1) is 3.39. The molecule has 1 nitrogen and oxygen atoms in total. The van der Waals surface area contributed by atoms with E-state index < -0.39 is 0 Å². The summed E-state index contributed by atoms with van der Waals surface area (Å²) in [6.07, 6.45) is 4.94. The molecule has 0 aromatic carbocycles. The standard InChI is InChI=1S/C6H12N.CH3.Y/c1-7-5-3-2-4-6-7;;/h2H,3-6H2,1H3;1H3;/q2*-1;. The summed E-state index contributed by atoms with van der Waals surface area (Å²) in [5.74, 6) is 0. The molecule has 53 valence electrons. The summed E-state index contributed by atoms with van der Waals surface area (Å²) >= 11 is 0. The summed E-state index contributed by atoms with van der Waals surface area (Å²) in [6.45, 7) is 2.53. The number of nitrogens with zero attached hydrogens (tertiary/aromatic N) is 1. The van der Waals surface area contributed by atoms with Gasteiger partial charge in [-0.05, 0) is 20.1 Å². The molecule has 0 amide bonds. The van der Waals surface area contributed by atoms with E-state index >= 15 is 0 Å². The van der Waals surface area contributed by atoms with Crippen molar-refractivity contribution in [3.05, 3.63) is 13.8 Å². The van der Waals surface area contributed by atoms with E-state index in [-0.39, 0.29) is 40.1 Å². The van der Waals surface area contributed by atoms with Gasteiger partial charge in [-0.2, -0.15) is 12.8 Å². The molecule has 0 N–H and O–H groups in total. The van der Waals surface area contributed by atoms with Gasteiger partial charge in [-0.15, -0.1) is 0 Å². The van der Waals surface area contributed by atoms with E-state index in [0.29, 0.717) is 0 Å². The number of likely N-dealkylation sites (tertiary alicyclic amines) is 1. The van der Waals surface area contributed by atoms with Crippen molar-refractivity contribution in [1.29, 1.82) is 0 Å². The summed E-state index contributed by atoms with van der Waals surface area (Å²) < 4.78 is 0. The van der Waals surface area contributed by atoms with Gasteiger partial charge in [-0.3, -0.25) is 0 Å². The smallest absolute Gasteiger partial charge is 0 e. The molecule has 1 fully saturated rings. The van der Waals surface area contributed by atoms with Crippen LogP contribution in [0.4, 0.5) is 0 Å². The number of hydrogen-bond acceptors (Lipinski definition) is 1. The van der Waals surface area contributed by atoms with E-state index in [2.05, 4.69) is 18.4 Å². The van der Waals surface area contributed by atoms with Gasteiger partial charge < -0.3 is 18.7 Å². The fraction of sp³-hybridized carbons (Fsp3) is 0.714. The molecule has 0 saturated carbocycles. The number of hydrogen-bond donors (Lipinski definition) is 0. The van der Waals surface area contributed by atoms with Crippen LogP contribution in [0.3, 0.4) is 0 Å². The second kappa shape index (κ2) is 7.17. The molecule has 1 aliphatic rings. The fourth-order valence-electron chi connectivity index (χ4n) is 0.879. The largest absolute Gasteiger partial charge is 0.358 e. The van der Waals surface area contributed by atoms with E-state index in [4.69, 9.17) is 0 Å². The Labute approximate surface area is 84.1 Å². The molecule has 0 aliphatic carbocycles. The van der Waals surface area contributed by atoms with Crippen LogP contribution in [0.25, 0.3) is 0 Å². The molecule has 0 unspecified atom stereocenters. The van der Waals surface area contributed by atoms with Crippen LogP contribution in [0.15, 0.2) is 0 Å². The zero-order valence-corrected chi connectivity index (χ0v) is 9.27. The first-order valence-electron chi connectivity index (χ1n) is 2.90. The molecule has 0 aromatic heterocycles.